The number of amides is 2. The summed E-state index contributed by atoms with van der Waals surface area (Å²) in [5.41, 5.74) is 3.14. The van der Waals surface area contributed by atoms with Crippen molar-refractivity contribution in [2.24, 2.45) is 5.92 Å². The third kappa shape index (κ3) is 4.97. The molecule has 31 heavy (non-hydrogen) atoms. The summed E-state index contributed by atoms with van der Waals surface area (Å²) in [6, 6.07) is 19.9. The molecule has 5 nitrogen and oxygen atoms in total. The van der Waals surface area contributed by atoms with E-state index < -0.39 is 0 Å². The number of carbonyl (C=O) groups excluding carboxylic acids is 2. The molecule has 2 amide bonds. The lowest BCUT2D eigenvalue weighted by Gasteiger charge is -2.24. The topological polar surface area (TPSA) is 58.6 Å². The van der Waals surface area contributed by atoms with E-state index in [2.05, 4.69) is 28.9 Å². The number of rotatable bonds is 6. The number of thiophene rings is 1. The second-order valence-electron chi connectivity index (χ2n) is 7.65. The molecule has 2 aromatic carbocycles. The van der Waals surface area contributed by atoms with Crippen LogP contribution < -0.4 is 10.1 Å². The van der Waals surface area contributed by atoms with Gasteiger partial charge in [0.05, 0.1) is 19.4 Å². The zero-order chi connectivity index (χ0) is 21.6. The molecule has 1 aliphatic heterocycles. The summed E-state index contributed by atoms with van der Waals surface area (Å²) in [6.07, 6.45) is 0.856. The van der Waals surface area contributed by atoms with Crippen LogP contribution in [0, 0.1) is 5.92 Å². The van der Waals surface area contributed by atoms with Gasteiger partial charge in [-0.15, -0.1) is 11.3 Å². The van der Waals surface area contributed by atoms with Crippen molar-refractivity contribution in [3.05, 3.63) is 77.2 Å². The first-order valence-corrected chi connectivity index (χ1v) is 11.3. The second-order valence-corrected chi connectivity index (χ2v) is 8.60. The van der Waals surface area contributed by atoms with E-state index in [4.69, 9.17) is 4.74 Å². The molecular formula is C25H26N2O3S. The molecule has 160 valence electrons. The Bertz CT molecular complexity index is 1050. The Morgan fingerprint density at radius 3 is 2.65 bits per heavy atom. The molecule has 0 bridgehead atoms. The molecule has 0 aliphatic carbocycles. The standard InChI is InChI=1S/C25H26N2O3S/c1-30-22-10-5-3-8-19(22)16-24(28)27-13-12-26-25(29)20(17-27)15-18-7-2-4-9-21(18)23-11-6-14-31-23/h2-11,14,20H,12-13,15-17H2,1H3,(H,26,29)/t20-/m1/s1. The van der Waals surface area contributed by atoms with E-state index >= 15 is 0 Å². The van der Waals surface area contributed by atoms with Gasteiger partial charge in [0, 0.05) is 30.1 Å². The predicted octanol–water partition coefficient (Wildman–Crippen LogP) is 3.78. The number of nitrogens with one attached hydrogen (secondary N) is 1. The van der Waals surface area contributed by atoms with Crippen LogP contribution in [0.4, 0.5) is 0 Å². The maximum atomic E-state index is 13.1. The van der Waals surface area contributed by atoms with Gasteiger partial charge < -0.3 is 15.0 Å². The third-order valence-electron chi connectivity index (χ3n) is 5.65. The van der Waals surface area contributed by atoms with E-state index in [9.17, 15) is 9.59 Å². The fraction of sp³-hybridized carbons (Fsp3) is 0.280. The van der Waals surface area contributed by atoms with Crippen LogP contribution >= 0.6 is 11.3 Å². The van der Waals surface area contributed by atoms with Gasteiger partial charge >= 0.3 is 0 Å². The Morgan fingerprint density at radius 2 is 1.87 bits per heavy atom. The fourth-order valence-electron chi connectivity index (χ4n) is 4.04. The van der Waals surface area contributed by atoms with Crippen LogP contribution in [0.1, 0.15) is 11.1 Å². The molecule has 1 saturated heterocycles. The number of ether oxygens (including phenoxy) is 1. The van der Waals surface area contributed by atoms with Crippen molar-refractivity contribution in [2.45, 2.75) is 12.8 Å². The summed E-state index contributed by atoms with van der Waals surface area (Å²) in [4.78, 5) is 28.9. The minimum atomic E-state index is -0.287. The van der Waals surface area contributed by atoms with Crippen molar-refractivity contribution < 1.29 is 14.3 Å². The number of nitrogens with zero attached hydrogens (tertiary/aromatic N) is 1. The molecular weight excluding hydrogens is 408 g/mol. The van der Waals surface area contributed by atoms with Gasteiger partial charge in [0.15, 0.2) is 0 Å². The van der Waals surface area contributed by atoms with Crippen molar-refractivity contribution in [3.8, 4) is 16.2 Å². The maximum absolute atomic E-state index is 13.1. The highest BCUT2D eigenvalue weighted by Gasteiger charge is 2.28. The summed E-state index contributed by atoms with van der Waals surface area (Å²) >= 11 is 1.69. The highest BCUT2D eigenvalue weighted by molar-refractivity contribution is 7.13. The Morgan fingerprint density at radius 1 is 1.10 bits per heavy atom. The Labute approximate surface area is 186 Å². The molecule has 2 heterocycles. The van der Waals surface area contributed by atoms with Crippen molar-refractivity contribution >= 4 is 23.2 Å². The van der Waals surface area contributed by atoms with E-state index in [1.807, 2.05) is 47.4 Å². The maximum Gasteiger partial charge on any atom is 0.227 e. The van der Waals surface area contributed by atoms with Gasteiger partial charge in [-0.05, 0) is 35.1 Å². The molecule has 3 aromatic rings. The second kappa shape index (κ2) is 9.79. The van der Waals surface area contributed by atoms with Crippen molar-refractivity contribution in [2.75, 3.05) is 26.7 Å². The number of para-hydroxylation sites is 1. The van der Waals surface area contributed by atoms with Gasteiger partial charge in [0.2, 0.25) is 11.8 Å². The minimum Gasteiger partial charge on any atom is -0.496 e. The molecule has 1 N–H and O–H groups in total. The molecule has 0 unspecified atom stereocenters. The molecule has 0 spiro atoms. The molecule has 0 saturated carbocycles. The monoisotopic (exact) mass is 434 g/mol. The van der Waals surface area contributed by atoms with E-state index in [0.29, 0.717) is 31.8 Å². The van der Waals surface area contributed by atoms with Crippen LogP contribution in [0.2, 0.25) is 0 Å². The van der Waals surface area contributed by atoms with Gasteiger partial charge in [0.25, 0.3) is 0 Å². The smallest absolute Gasteiger partial charge is 0.227 e. The quantitative estimate of drug-likeness (QED) is 0.642. The van der Waals surface area contributed by atoms with E-state index in [1.165, 1.54) is 4.88 Å². The highest BCUT2D eigenvalue weighted by Crippen LogP contribution is 2.30. The number of methoxy groups -OCH3 is 1. The van der Waals surface area contributed by atoms with Crippen molar-refractivity contribution in [3.63, 3.8) is 0 Å². The van der Waals surface area contributed by atoms with Gasteiger partial charge in [-0.25, -0.2) is 0 Å². The lowest BCUT2D eigenvalue weighted by Crippen LogP contribution is -2.38. The van der Waals surface area contributed by atoms with Crippen LogP contribution in [0.25, 0.3) is 10.4 Å². The van der Waals surface area contributed by atoms with Crippen LogP contribution in [-0.4, -0.2) is 43.5 Å². The summed E-state index contributed by atoms with van der Waals surface area (Å²) in [6.45, 7) is 1.40. The lowest BCUT2D eigenvalue weighted by atomic mass is 9.94. The normalized spacial score (nSPS) is 16.5. The average Bonchev–Trinajstić information content (AvgIpc) is 3.26. The van der Waals surface area contributed by atoms with E-state index in [1.54, 1.807) is 18.4 Å². The zero-order valence-electron chi connectivity index (χ0n) is 17.5. The summed E-state index contributed by atoms with van der Waals surface area (Å²) < 4.78 is 5.39. The zero-order valence-corrected chi connectivity index (χ0v) is 18.4. The van der Waals surface area contributed by atoms with Crippen molar-refractivity contribution in [1.82, 2.24) is 10.2 Å². The minimum absolute atomic E-state index is 0.00794. The predicted molar refractivity (Wildman–Crippen MR) is 123 cm³/mol. The summed E-state index contributed by atoms with van der Waals surface area (Å²) in [7, 11) is 1.61. The summed E-state index contributed by atoms with van der Waals surface area (Å²) in [5.74, 6) is 0.442. The fourth-order valence-corrected chi connectivity index (χ4v) is 4.83. The first kappa shape index (κ1) is 21.1. The number of benzene rings is 2. The molecule has 1 fully saturated rings. The van der Waals surface area contributed by atoms with Crippen LogP contribution in [0.15, 0.2) is 66.0 Å². The first-order chi connectivity index (χ1) is 15.2. The van der Waals surface area contributed by atoms with E-state index in [0.717, 1.165) is 16.7 Å². The molecule has 1 aliphatic rings. The van der Waals surface area contributed by atoms with Gasteiger partial charge in [-0.3, -0.25) is 9.59 Å². The Kier molecular flexibility index (Phi) is 6.67. The van der Waals surface area contributed by atoms with Crippen LogP contribution in [0.3, 0.4) is 0 Å². The van der Waals surface area contributed by atoms with Gasteiger partial charge in [-0.1, -0.05) is 48.5 Å². The third-order valence-corrected chi connectivity index (χ3v) is 6.55. The van der Waals surface area contributed by atoms with Gasteiger partial charge in [0.1, 0.15) is 5.75 Å². The number of hydrogen-bond acceptors (Lipinski definition) is 4. The molecule has 0 radical (unpaired) electrons. The van der Waals surface area contributed by atoms with Gasteiger partial charge in [-0.2, -0.15) is 0 Å². The molecule has 1 aromatic heterocycles. The summed E-state index contributed by atoms with van der Waals surface area (Å²) in [5, 5.41) is 5.04. The van der Waals surface area contributed by atoms with Crippen molar-refractivity contribution in [1.29, 1.82) is 0 Å². The first-order valence-electron chi connectivity index (χ1n) is 10.4. The Balaban J connectivity index is 1.51. The number of hydrogen-bond donors (Lipinski definition) is 1. The molecule has 4 rings (SSSR count). The molecule has 6 heteroatoms. The number of carbonyl (C=O) groups is 2. The Hall–Kier alpha value is -3.12. The lowest BCUT2D eigenvalue weighted by molar-refractivity contribution is -0.131. The van der Waals surface area contributed by atoms with Crippen LogP contribution in [-0.2, 0) is 22.4 Å². The SMILES string of the molecule is COc1ccccc1CC(=O)N1CCNC(=O)[C@H](Cc2ccccc2-c2cccs2)C1. The average molecular weight is 435 g/mol. The van der Waals surface area contributed by atoms with E-state index in [-0.39, 0.29) is 24.2 Å². The largest absolute Gasteiger partial charge is 0.496 e. The molecule has 1 atom stereocenters. The van der Waals surface area contributed by atoms with Crippen LogP contribution in [0.5, 0.6) is 5.75 Å². The highest BCUT2D eigenvalue weighted by atomic mass is 32.1.